The van der Waals surface area contributed by atoms with E-state index in [0.29, 0.717) is 22.2 Å². The van der Waals surface area contributed by atoms with E-state index in [1.54, 1.807) is 6.92 Å². The van der Waals surface area contributed by atoms with E-state index in [1.165, 1.54) is 23.5 Å². The molecule has 1 amide bonds. The van der Waals surface area contributed by atoms with Crippen molar-refractivity contribution in [1.82, 2.24) is 10.3 Å². The van der Waals surface area contributed by atoms with Crippen molar-refractivity contribution >= 4 is 17.2 Å². The predicted octanol–water partition coefficient (Wildman–Crippen LogP) is 5.00. The molecule has 0 fully saturated rings. The minimum Gasteiger partial charge on any atom is -0.494 e. The van der Waals surface area contributed by atoms with E-state index in [0.717, 1.165) is 23.4 Å². The fraction of sp³-hybridized carbons (Fsp3) is 0.273. The van der Waals surface area contributed by atoms with Gasteiger partial charge in [-0.05, 0) is 55.8 Å². The zero-order valence-corrected chi connectivity index (χ0v) is 17.7. The third-order valence-electron chi connectivity index (χ3n) is 4.47. The minimum atomic E-state index is -4.50. The first-order chi connectivity index (χ1) is 14.7. The summed E-state index contributed by atoms with van der Waals surface area (Å²) in [4.78, 5) is 17.4. The quantitative estimate of drug-likeness (QED) is 0.532. The molecule has 3 aromatic rings. The molecule has 2 N–H and O–H groups in total. The van der Waals surface area contributed by atoms with Gasteiger partial charge in [0.25, 0.3) is 5.91 Å². The monoisotopic (exact) mass is 450 g/mol. The third-order valence-corrected chi connectivity index (χ3v) is 5.68. The lowest BCUT2D eigenvalue weighted by Gasteiger charge is -2.14. The zero-order valence-electron chi connectivity index (χ0n) is 16.9. The molecule has 164 valence electrons. The molecule has 1 aromatic heterocycles. The summed E-state index contributed by atoms with van der Waals surface area (Å²) in [6.07, 6.45) is -5.78. The summed E-state index contributed by atoms with van der Waals surface area (Å²) in [5.74, 6) is 0.291. The predicted molar refractivity (Wildman–Crippen MR) is 112 cm³/mol. The van der Waals surface area contributed by atoms with E-state index >= 15 is 0 Å². The Labute approximate surface area is 181 Å². The van der Waals surface area contributed by atoms with Crippen molar-refractivity contribution in [2.45, 2.75) is 26.1 Å². The van der Waals surface area contributed by atoms with Crippen molar-refractivity contribution in [1.29, 1.82) is 0 Å². The molecule has 0 aliphatic rings. The average Bonchev–Trinajstić information content (AvgIpc) is 3.13. The van der Waals surface area contributed by atoms with Crippen LogP contribution in [-0.4, -0.2) is 29.1 Å². The third kappa shape index (κ3) is 5.62. The summed E-state index contributed by atoms with van der Waals surface area (Å²) < 4.78 is 44.0. The van der Waals surface area contributed by atoms with Gasteiger partial charge < -0.3 is 15.2 Å². The summed E-state index contributed by atoms with van der Waals surface area (Å²) in [5, 5.41) is 13.4. The maximum absolute atomic E-state index is 12.9. The number of thiazole rings is 1. The largest absolute Gasteiger partial charge is 0.494 e. The normalized spacial score (nSPS) is 12.5. The Hall–Kier alpha value is -2.91. The summed E-state index contributed by atoms with van der Waals surface area (Å²) in [7, 11) is 0. The second-order valence-electron chi connectivity index (χ2n) is 6.74. The van der Waals surface area contributed by atoms with Crippen LogP contribution < -0.4 is 10.1 Å². The molecule has 0 spiro atoms. The Morgan fingerprint density at radius 3 is 2.58 bits per heavy atom. The highest BCUT2D eigenvalue weighted by atomic mass is 32.1. The van der Waals surface area contributed by atoms with Crippen LogP contribution in [0.3, 0.4) is 0 Å². The molecule has 2 aromatic carbocycles. The van der Waals surface area contributed by atoms with Crippen LogP contribution in [0, 0.1) is 6.92 Å². The second-order valence-corrected chi connectivity index (χ2v) is 7.74. The number of carbonyl (C=O) groups is 1. The van der Waals surface area contributed by atoms with Crippen LogP contribution in [0.1, 0.15) is 39.5 Å². The minimum absolute atomic E-state index is 0.0752. The number of aromatic nitrogens is 1. The number of hydrogen-bond acceptors (Lipinski definition) is 5. The average molecular weight is 450 g/mol. The molecule has 0 saturated heterocycles. The summed E-state index contributed by atoms with van der Waals surface area (Å²) >= 11 is 1.20. The van der Waals surface area contributed by atoms with Crippen molar-refractivity contribution in [3.05, 3.63) is 70.2 Å². The van der Waals surface area contributed by atoms with Gasteiger partial charge in [-0.15, -0.1) is 11.3 Å². The molecule has 1 atom stereocenters. The second kappa shape index (κ2) is 9.49. The number of hydrogen-bond donors (Lipinski definition) is 2. The van der Waals surface area contributed by atoms with Gasteiger partial charge in [0, 0.05) is 12.1 Å². The molecule has 0 aliphatic heterocycles. The molecule has 0 bridgehead atoms. The van der Waals surface area contributed by atoms with E-state index in [9.17, 15) is 23.1 Å². The molecule has 9 heteroatoms. The molecule has 1 unspecified atom stereocenters. The van der Waals surface area contributed by atoms with E-state index in [4.69, 9.17) is 4.74 Å². The van der Waals surface area contributed by atoms with Crippen molar-refractivity contribution < 1.29 is 27.8 Å². The topological polar surface area (TPSA) is 71.5 Å². The van der Waals surface area contributed by atoms with Gasteiger partial charge in [0.15, 0.2) is 0 Å². The van der Waals surface area contributed by atoms with Gasteiger partial charge >= 0.3 is 6.18 Å². The van der Waals surface area contributed by atoms with Gasteiger partial charge in [0.2, 0.25) is 0 Å². The molecule has 0 saturated carbocycles. The van der Waals surface area contributed by atoms with Crippen molar-refractivity contribution in [2.24, 2.45) is 0 Å². The van der Waals surface area contributed by atoms with E-state index in [1.807, 2.05) is 31.2 Å². The van der Waals surface area contributed by atoms with Crippen molar-refractivity contribution in [2.75, 3.05) is 13.2 Å². The molecular formula is C22H21F3N2O3S. The summed E-state index contributed by atoms with van der Waals surface area (Å²) in [5.41, 5.74) is 0.583. The Morgan fingerprint density at radius 2 is 1.94 bits per heavy atom. The number of aliphatic hydroxyl groups is 1. The number of aryl methyl sites for hydroxylation is 1. The van der Waals surface area contributed by atoms with Gasteiger partial charge in [0.1, 0.15) is 15.6 Å². The molecule has 0 aliphatic carbocycles. The summed E-state index contributed by atoms with van der Waals surface area (Å²) in [6.45, 7) is 3.93. The van der Waals surface area contributed by atoms with Crippen LogP contribution >= 0.6 is 11.3 Å². The number of nitrogens with one attached hydrogen (secondary N) is 1. The van der Waals surface area contributed by atoms with Gasteiger partial charge in [-0.25, -0.2) is 4.98 Å². The highest BCUT2D eigenvalue weighted by Gasteiger charge is 2.31. The van der Waals surface area contributed by atoms with Crippen molar-refractivity contribution in [3.8, 4) is 16.3 Å². The standard InChI is InChI=1S/C22H21F3N2O3S/c1-3-30-17-9-7-14(8-10-17)21-27-13(2)19(31-21)20(29)26-12-18(28)15-5-4-6-16(11-15)22(23,24)25/h4-11,18,28H,3,12H2,1-2H3,(H,26,29). The van der Waals surface area contributed by atoms with Gasteiger partial charge in [0.05, 0.1) is 24.0 Å². The lowest BCUT2D eigenvalue weighted by molar-refractivity contribution is -0.137. The van der Waals surface area contributed by atoms with Gasteiger partial charge in [-0.3, -0.25) is 4.79 Å². The van der Waals surface area contributed by atoms with Crippen LogP contribution in [0.5, 0.6) is 5.75 Å². The number of halogens is 3. The molecule has 0 radical (unpaired) electrons. The first kappa shape index (κ1) is 22.8. The number of rotatable bonds is 7. The fourth-order valence-corrected chi connectivity index (χ4v) is 3.89. The zero-order chi connectivity index (χ0) is 22.6. The number of benzene rings is 2. The molecular weight excluding hydrogens is 429 g/mol. The maximum atomic E-state index is 12.9. The highest BCUT2D eigenvalue weighted by molar-refractivity contribution is 7.17. The van der Waals surface area contributed by atoms with Crippen LogP contribution in [-0.2, 0) is 6.18 Å². The van der Waals surface area contributed by atoms with Crippen LogP contribution in [0.25, 0.3) is 10.6 Å². The van der Waals surface area contributed by atoms with Crippen molar-refractivity contribution in [3.63, 3.8) is 0 Å². The Bertz CT molecular complexity index is 1050. The maximum Gasteiger partial charge on any atom is 0.416 e. The number of carbonyl (C=O) groups excluding carboxylic acids is 1. The van der Waals surface area contributed by atoms with E-state index in [-0.39, 0.29) is 12.1 Å². The lowest BCUT2D eigenvalue weighted by Crippen LogP contribution is -2.28. The molecule has 5 nitrogen and oxygen atoms in total. The molecule has 31 heavy (non-hydrogen) atoms. The number of aliphatic hydroxyl groups excluding tert-OH is 1. The van der Waals surface area contributed by atoms with Crippen LogP contribution in [0.2, 0.25) is 0 Å². The lowest BCUT2D eigenvalue weighted by atomic mass is 10.1. The number of alkyl halides is 3. The highest BCUT2D eigenvalue weighted by Crippen LogP contribution is 2.31. The Balaban J connectivity index is 1.67. The van der Waals surface area contributed by atoms with Crippen LogP contribution in [0.15, 0.2) is 48.5 Å². The smallest absolute Gasteiger partial charge is 0.416 e. The number of ether oxygens (including phenoxy) is 1. The summed E-state index contributed by atoms with van der Waals surface area (Å²) in [6, 6.07) is 11.7. The first-order valence-corrected chi connectivity index (χ1v) is 10.3. The van der Waals surface area contributed by atoms with Gasteiger partial charge in [-0.2, -0.15) is 13.2 Å². The molecule has 3 rings (SSSR count). The Kier molecular flexibility index (Phi) is 6.97. The number of nitrogens with zero attached hydrogens (tertiary/aromatic N) is 1. The molecule has 1 heterocycles. The fourth-order valence-electron chi connectivity index (χ4n) is 2.90. The van der Waals surface area contributed by atoms with E-state index in [2.05, 4.69) is 10.3 Å². The van der Waals surface area contributed by atoms with Gasteiger partial charge in [-0.1, -0.05) is 12.1 Å². The number of amides is 1. The van der Waals surface area contributed by atoms with Crippen LogP contribution in [0.4, 0.5) is 13.2 Å². The first-order valence-electron chi connectivity index (χ1n) is 9.53. The van der Waals surface area contributed by atoms with E-state index < -0.39 is 23.8 Å². The Morgan fingerprint density at radius 1 is 1.23 bits per heavy atom. The SMILES string of the molecule is CCOc1ccc(-c2nc(C)c(C(=O)NCC(O)c3cccc(C(F)(F)F)c3)s2)cc1.